The first-order chi connectivity index (χ1) is 8.43. The van der Waals surface area contributed by atoms with Gasteiger partial charge >= 0.3 is 0 Å². The molecule has 2 N–H and O–H groups in total. The van der Waals surface area contributed by atoms with Crippen molar-refractivity contribution in [2.24, 2.45) is 5.92 Å². The summed E-state index contributed by atoms with van der Waals surface area (Å²) in [4.78, 5) is 1.27. The van der Waals surface area contributed by atoms with Gasteiger partial charge < -0.3 is 5.32 Å². The van der Waals surface area contributed by atoms with Gasteiger partial charge in [0, 0.05) is 12.1 Å². The fourth-order valence-corrected chi connectivity index (χ4v) is 2.94. The minimum atomic E-state index is 0.909. The molecule has 1 aliphatic rings. The van der Waals surface area contributed by atoms with Crippen LogP contribution in [0.3, 0.4) is 0 Å². The van der Waals surface area contributed by atoms with Gasteiger partial charge in [-0.05, 0) is 36.8 Å². The molecule has 0 aromatic carbocycles. The molecule has 1 saturated carbocycles. The Morgan fingerprint density at radius 3 is 3.12 bits per heavy atom. The fraction of sp³-hybridized carbons (Fsp3) is 0.462. The molecule has 0 bridgehead atoms. The summed E-state index contributed by atoms with van der Waals surface area (Å²) in [5.41, 5.74) is 2.44. The van der Waals surface area contributed by atoms with Crippen LogP contribution in [0.1, 0.15) is 24.8 Å². The predicted octanol–water partition coefficient (Wildman–Crippen LogP) is 3.03. The van der Waals surface area contributed by atoms with Crippen LogP contribution in [-0.4, -0.2) is 16.7 Å². The van der Waals surface area contributed by atoms with E-state index in [0.717, 1.165) is 19.0 Å². The highest BCUT2D eigenvalue weighted by molar-refractivity contribution is 7.13. The van der Waals surface area contributed by atoms with Gasteiger partial charge in [0.05, 0.1) is 16.8 Å². The first-order valence-corrected chi connectivity index (χ1v) is 7.08. The molecule has 0 saturated heterocycles. The molecule has 3 nitrogen and oxygen atoms in total. The Kier molecular flexibility index (Phi) is 3.25. The lowest BCUT2D eigenvalue weighted by atomic mass is 9.85. The molecule has 0 spiro atoms. The van der Waals surface area contributed by atoms with Crippen molar-refractivity contribution in [1.82, 2.24) is 15.5 Å². The van der Waals surface area contributed by atoms with E-state index in [2.05, 4.69) is 33.0 Å². The molecular formula is C13H17N3S. The highest BCUT2D eigenvalue weighted by Gasteiger charge is 2.16. The number of hydrogen-bond donors (Lipinski definition) is 2. The molecule has 1 fully saturated rings. The zero-order chi connectivity index (χ0) is 11.5. The molecule has 0 atom stereocenters. The van der Waals surface area contributed by atoms with Crippen molar-refractivity contribution < 1.29 is 0 Å². The highest BCUT2D eigenvalue weighted by atomic mass is 32.1. The van der Waals surface area contributed by atoms with Gasteiger partial charge in [-0.25, -0.2) is 0 Å². The third kappa shape index (κ3) is 2.42. The Balaban J connectivity index is 1.61. The van der Waals surface area contributed by atoms with E-state index < -0.39 is 0 Å². The lowest BCUT2D eigenvalue weighted by Crippen LogP contribution is -2.26. The molecule has 0 aliphatic heterocycles. The number of thiophene rings is 1. The van der Waals surface area contributed by atoms with E-state index in [9.17, 15) is 0 Å². The second-order valence-electron chi connectivity index (χ2n) is 4.68. The summed E-state index contributed by atoms with van der Waals surface area (Å²) in [5, 5.41) is 12.9. The van der Waals surface area contributed by atoms with Gasteiger partial charge in [-0.3, -0.25) is 5.10 Å². The summed E-state index contributed by atoms with van der Waals surface area (Å²) in [5.74, 6) is 0.909. The van der Waals surface area contributed by atoms with E-state index >= 15 is 0 Å². The van der Waals surface area contributed by atoms with Crippen LogP contribution in [0, 0.1) is 5.92 Å². The van der Waals surface area contributed by atoms with Crippen molar-refractivity contribution in [3.63, 3.8) is 0 Å². The zero-order valence-corrected chi connectivity index (χ0v) is 10.6. The van der Waals surface area contributed by atoms with Crippen LogP contribution < -0.4 is 5.32 Å². The Bertz CT molecular complexity index is 457. The van der Waals surface area contributed by atoms with Gasteiger partial charge in [0.25, 0.3) is 0 Å². The molecular weight excluding hydrogens is 230 g/mol. The summed E-state index contributed by atoms with van der Waals surface area (Å²) in [7, 11) is 0. The minimum Gasteiger partial charge on any atom is -0.312 e. The van der Waals surface area contributed by atoms with Gasteiger partial charge in [-0.2, -0.15) is 5.10 Å². The maximum atomic E-state index is 4.15. The molecule has 4 heteroatoms. The number of hydrogen-bond acceptors (Lipinski definition) is 3. The number of rotatable bonds is 5. The Hall–Kier alpha value is -1.13. The standard InChI is InChI=1S/C13H17N3S/c1-3-10(4-1)7-14-8-11-9-15-16-13(11)12-5-2-6-17-12/h2,5-6,9-10,14H,1,3-4,7-8H2,(H,15,16). The first-order valence-electron chi connectivity index (χ1n) is 6.20. The Morgan fingerprint density at radius 1 is 1.47 bits per heavy atom. The summed E-state index contributed by atoms with van der Waals surface area (Å²) in [6.45, 7) is 2.06. The minimum absolute atomic E-state index is 0.909. The smallest absolute Gasteiger partial charge is 0.0794 e. The van der Waals surface area contributed by atoms with E-state index in [4.69, 9.17) is 0 Å². The van der Waals surface area contributed by atoms with Crippen molar-refractivity contribution in [3.8, 4) is 10.6 Å². The van der Waals surface area contributed by atoms with E-state index in [-0.39, 0.29) is 0 Å². The van der Waals surface area contributed by atoms with Crippen LogP contribution in [0.5, 0.6) is 0 Å². The molecule has 2 heterocycles. The summed E-state index contributed by atoms with van der Waals surface area (Å²) in [6, 6.07) is 4.21. The zero-order valence-electron chi connectivity index (χ0n) is 9.78. The van der Waals surface area contributed by atoms with E-state index in [1.165, 1.54) is 35.4 Å². The van der Waals surface area contributed by atoms with Crippen molar-refractivity contribution in [2.45, 2.75) is 25.8 Å². The van der Waals surface area contributed by atoms with Crippen LogP contribution in [0.15, 0.2) is 23.7 Å². The molecule has 3 rings (SSSR count). The Morgan fingerprint density at radius 2 is 2.41 bits per heavy atom. The summed E-state index contributed by atoms with van der Waals surface area (Å²) in [6.07, 6.45) is 6.15. The average molecular weight is 247 g/mol. The molecule has 0 unspecified atom stereocenters. The van der Waals surface area contributed by atoms with Crippen molar-refractivity contribution in [3.05, 3.63) is 29.3 Å². The third-order valence-electron chi connectivity index (χ3n) is 3.46. The second-order valence-corrected chi connectivity index (χ2v) is 5.62. The maximum absolute atomic E-state index is 4.15. The van der Waals surface area contributed by atoms with E-state index in [1.807, 2.05) is 6.20 Å². The monoisotopic (exact) mass is 247 g/mol. The quantitative estimate of drug-likeness (QED) is 0.852. The highest BCUT2D eigenvalue weighted by Crippen LogP contribution is 2.27. The number of aromatic amines is 1. The van der Waals surface area contributed by atoms with Crippen molar-refractivity contribution in [2.75, 3.05) is 6.54 Å². The van der Waals surface area contributed by atoms with Crippen LogP contribution in [-0.2, 0) is 6.54 Å². The van der Waals surface area contributed by atoms with Crippen molar-refractivity contribution in [1.29, 1.82) is 0 Å². The van der Waals surface area contributed by atoms with Gasteiger partial charge in [-0.1, -0.05) is 12.5 Å². The van der Waals surface area contributed by atoms with Crippen molar-refractivity contribution >= 4 is 11.3 Å². The number of aromatic nitrogens is 2. The molecule has 1 aliphatic carbocycles. The number of nitrogens with zero attached hydrogens (tertiary/aromatic N) is 1. The first kappa shape index (κ1) is 11.0. The molecule has 2 aromatic heterocycles. The van der Waals surface area contributed by atoms with Gasteiger partial charge in [0.1, 0.15) is 0 Å². The predicted molar refractivity (Wildman–Crippen MR) is 70.9 cm³/mol. The third-order valence-corrected chi connectivity index (χ3v) is 4.35. The average Bonchev–Trinajstić information content (AvgIpc) is 2.91. The topological polar surface area (TPSA) is 40.7 Å². The lowest BCUT2D eigenvalue weighted by Gasteiger charge is -2.25. The van der Waals surface area contributed by atoms with Gasteiger partial charge in [-0.15, -0.1) is 11.3 Å². The lowest BCUT2D eigenvalue weighted by molar-refractivity contribution is 0.301. The molecule has 90 valence electrons. The summed E-state index contributed by atoms with van der Waals surface area (Å²) >= 11 is 1.75. The SMILES string of the molecule is c1csc(-c2[nH]ncc2CNCC2CCC2)c1. The van der Waals surface area contributed by atoms with Gasteiger partial charge in [0.2, 0.25) is 0 Å². The van der Waals surface area contributed by atoms with Crippen LogP contribution in [0.25, 0.3) is 10.6 Å². The molecule has 17 heavy (non-hydrogen) atoms. The van der Waals surface area contributed by atoms with Crippen LogP contribution >= 0.6 is 11.3 Å². The largest absolute Gasteiger partial charge is 0.312 e. The van der Waals surface area contributed by atoms with Gasteiger partial charge in [0.15, 0.2) is 0 Å². The molecule has 2 aromatic rings. The second kappa shape index (κ2) is 5.02. The maximum Gasteiger partial charge on any atom is 0.0794 e. The van der Waals surface area contributed by atoms with E-state index in [0.29, 0.717) is 0 Å². The molecule has 0 amide bonds. The Labute approximate surface area is 105 Å². The fourth-order valence-electron chi connectivity index (χ4n) is 2.19. The number of nitrogens with one attached hydrogen (secondary N) is 2. The van der Waals surface area contributed by atoms with E-state index in [1.54, 1.807) is 11.3 Å². The summed E-state index contributed by atoms with van der Waals surface area (Å²) < 4.78 is 0. The van der Waals surface area contributed by atoms with Crippen LogP contribution in [0.4, 0.5) is 0 Å². The number of H-pyrrole nitrogens is 1. The molecule has 0 radical (unpaired) electrons. The normalized spacial score (nSPS) is 16.0. The van der Waals surface area contributed by atoms with Crippen LogP contribution in [0.2, 0.25) is 0 Å².